The molecule has 1 aliphatic heterocycles. The Hall–Kier alpha value is -2.76. The standard InChI is InChI=1S/C26H28F2N2O/c27-22-9-5-10-23(17-22)31-19-26-24-11-3-1-7-20(24)13-16-30(26)15-6-14-29-18-21-8-2-4-12-25(21)28/h1-5,7-12,17,26,29H,6,13-16,18-19H2. The van der Waals surface area contributed by atoms with Gasteiger partial charge in [0.05, 0.1) is 6.04 Å². The minimum Gasteiger partial charge on any atom is -0.491 e. The molecule has 0 bridgehead atoms. The summed E-state index contributed by atoms with van der Waals surface area (Å²) >= 11 is 0. The van der Waals surface area contributed by atoms with E-state index in [1.165, 1.54) is 29.3 Å². The number of benzene rings is 3. The summed E-state index contributed by atoms with van der Waals surface area (Å²) in [6.07, 6.45) is 1.96. The average Bonchev–Trinajstić information content (AvgIpc) is 2.79. The third kappa shape index (κ3) is 5.69. The molecule has 3 aromatic carbocycles. The fourth-order valence-corrected chi connectivity index (χ4v) is 4.17. The van der Waals surface area contributed by atoms with E-state index in [0.29, 0.717) is 24.5 Å². The molecule has 3 aromatic rings. The van der Waals surface area contributed by atoms with E-state index in [1.54, 1.807) is 18.2 Å². The number of halogens is 2. The zero-order valence-electron chi connectivity index (χ0n) is 17.6. The summed E-state index contributed by atoms with van der Waals surface area (Å²) in [5.74, 6) is 0.0890. The van der Waals surface area contributed by atoms with Crippen LogP contribution in [-0.4, -0.2) is 31.1 Å². The summed E-state index contributed by atoms with van der Waals surface area (Å²) in [5, 5.41) is 3.34. The lowest BCUT2D eigenvalue weighted by molar-refractivity contribution is 0.124. The van der Waals surface area contributed by atoms with E-state index < -0.39 is 0 Å². The molecule has 0 radical (unpaired) electrons. The van der Waals surface area contributed by atoms with Gasteiger partial charge in [-0.2, -0.15) is 0 Å². The van der Waals surface area contributed by atoms with Crippen molar-refractivity contribution < 1.29 is 13.5 Å². The molecule has 1 atom stereocenters. The number of fused-ring (bicyclic) bond motifs is 1. The lowest BCUT2D eigenvalue weighted by Crippen LogP contribution is -2.39. The third-order valence-corrected chi connectivity index (χ3v) is 5.80. The van der Waals surface area contributed by atoms with Crippen LogP contribution in [0.4, 0.5) is 8.78 Å². The first-order valence-corrected chi connectivity index (χ1v) is 10.8. The second-order valence-electron chi connectivity index (χ2n) is 7.89. The Kier molecular flexibility index (Phi) is 7.28. The van der Waals surface area contributed by atoms with Crippen LogP contribution >= 0.6 is 0 Å². The topological polar surface area (TPSA) is 24.5 Å². The quantitative estimate of drug-likeness (QED) is 0.484. The predicted molar refractivity (Wildman–Crippen MR) is 119 cm³/mol. The van der Waals surface area contributed by atoms with Gasteiger partial charge in [0.25, 0.3) is 0 Å². The minimum absolute atomic E-state index is 0.125. The maximum atomic E-state index is 13.7. The van der Waals surface area contributed by atoms with E-state index in [4.69, 9.17) is 4.74 Å². The SMILES string of the molecule is Fc1cccc(OCC2c3ccccc3CCN2CCCNCc2ccccc2F)c1. The molecule has 162 valence electrons. The molecule has 5 heteroatoms. The highest BCUT2D eigenvalue weighted by atomic mass is 19.1. The van der Waals surface area contributed by atoms with Crippen LogP contribution in [0, 0.1) is 11.6 Å². The molecular formula is C26H28F2N2O. The van der Waals surface area contributed by atoms with Crippen molar-refractivity contribution in [3.63, 3.8) is 0 Å². The second-order valence-corrected chi connectivity index (χ2v) is 7.89. The predicted octanol–water partition coefficient (Wildman–Crippen LogP) is 5.12. The van der Waals surface area contributed by atoms with Crippen LogP contribution in [0.1, 0.15) is 29.2 Å². The summed E-state index contributed by atoms with van der Waals surface area (Å²) in [6.45, 7) is 3.69. The number of rotatable bonds is 9. The van der Waals surface area contributed by atoms with Crippen LogP contribution < -0.4 is 10.1 Å². The summed E-state index contributed by atoms with van der Waals surface area (Å²) in [4.78, 5) is 2.44. The summed E-state index contributed by atoms with van der Waals surface area (Å²) in [5.41, 5.74) is 3.32. The van der Waals surface area contributed by atoms with Crippen LogP contribution in [0.2, 0.25) is 0 Å². The van der Waals surface area contributed by atoms with Crippen molar-refractivity contribution in [2.75, 3.05) is 26.2 Å². The highest BCUT2D eigenvalue weighted by Gasteiger charge is 2.27. The minimum atomic E-state index is -0.292. The van der Waals surface area contributed by atoms with Crippen LogP contribution in [-0.2, 0) is 13.0 Å². The molecule has 0 amide bonds. The van der Waals surface area contributed by atoms with Gasteiger partial charge in [-0.1, -0.05) is 48.5 Å². The highest BCUT2D eigenvalue weighted by molar-refractivity contribution is 5.33. The lowest BCUT2D eigenvalue weighted by Gasteiger charge is -2.37. The molecule has 0 spiro atoms. The van der Waals surface area contributed by atoms with Crippen LogP contribution in [0.25, 0.3) is 0 Å². The monoisotopic (exact) mass is 422 g/mol. The normalized spacial score (nSPS) is 16.1. The molecule has 1 N–H and O–H groups in total. The highest BCUT2D eigenvalue weighted by Crippen LogP contribution is 2.30. The number of hydrogen-bond acceptors (Lipinski definition) is 3. The number of nitrogens with one attached hydrogen (secondary N) is 1. The molecule has 3 nitrogen and oxygen atoms in total. The Balaban J connectivity index is 1.34. The Labute approximate surface area is 182 Å². The van der Waals surface area contributed by atoms with Crippen molar-refractivity contribution in [3.8, 4) is 5.75 Å². The van der Waals surface area contributed by atoms with Crippen molar-refractivity contribution in [2.24, 2.45) is 0 Å². The smallest absolute Gasteiger partial charge is 0.127 e. The Morgan fingerprint density at radius 2 is 1.81 bits per heavy atom. The molecule has 0 fully saturated rings. The third-order valence-electron chi connectivity index (χ3n) is 5.80. The maximum absolute atomic E-state index is 13.7. The second kappa shape index (κ2) is 10.5. The van der Waals surface area contributed by atoms with Gasteiger partial charge in [0.1, 0.15) is 24.0 Å². The van der Waals surface area contributed by atoms with Crippen LogP contribution in [0.5, 0.6) is 5.75 Å². The maximum Gasteiger partial charge on any atom is 0.127 e. The number of nitrogens with zero attached hydrogens (tertiary/aromatic N) is 1. The van der Waals surface area contributed by atoms with Crippen molar-refractivity contribution >= 4 is 0 Å². The van der Waals surface area contributed by atoms with E-state index >= 15 is 0 Å². The first kappa shape index (κ1) is 21.5. The van der Waals surface area contributed by atoms with Gasteiger partial charge in [0.15, 0.2) is 0 Å². The van der Waals surface area contributed by atoms with E-state index in [9.17, 15) is 8.78 Å². The van der Waals surface area contributed by atoms with Crippen LogP contribution in [0.3, 0.4) is 0 Å². The van der Waals surface area contributed by atoms with Gasteiger partial charge in [-0.3, -0.25) is 4.90 Å². The Bertz CT molecular complexity index is 994. The van der Waals surface area contributed by atoms with E-state index in [2.05, 4.69) is 34.5 Å². The fraction of sp³-hybridized carbons (Fsp3) is 0.308. The van der Waals surface area contributed by atoms with Gasteiger partial charge in [-0.25, -0.2) is 8.78 Å². The first-order chi connectivity index (χ1) is 15.2. The molecule has 1 unspecified atom stereocenters. The molecule has 4 rings (SSSR count). The Morgan fingerprint density at radius 3 is 2.68 bits per heavy atom. The zero-order chi connectivity index (χ0) is 21.5. The van der Waals surface area contributed by atoms with E-state index in [-0.39, 0.29) is 17.7 Å². The molecule has 31 heavy (non-hydrogen) atoms. The van der Waals surface area contributed by atoms with Crippen molar-refractivity contribution in [3.05, 3.63) is 101 Å². The van der Waals surface area contributed by atoms with Crippen LogP contribution in [0.15, 0.2) is 72.8 Å². The van der Waals surface area contributed by atoms with E-state index in [1.807, 2.05) is 12.1 Å². The van der Waals surface area contributed by atoms with Gasteiger partial charge in [0.2, 0.25) is 0 Å². The average molecular weight is 423 g/mol. The van der Waals surface area contributed by atoms with Gasteiger partial charge < -0.3 is 10.1 Å². The van der Waals surface area contributed by atoms with Gasteiger partial charge in [-0.15, -0.1) is 0 Å². The number of hydrogen-bond donors (Lipinski definition) is 1. The molecule has 0 aliphatic carbocycles. The fourth-order valence-electron chi connectivity index (χ4n) is 4.17. The Morgan fingerprint density at radius 1 is 0.968 bits per heavy atom. The molecule has 0 aromatic heterocycles. The van der Waals surface area contributed by atoms with Gasteiger partial charge >= 0.3 is 0 Å². The first-order valence-electron chi connectivity index (χ1n) is 10.8. The van der Waals surface area contributed by atoms with E-state index in [0.717, 1.165) is 32.5 Å². The van der Waals surface area contributed by atoms with Crippen molar-refractivity contribution in [2.45, 2.75) is 25.4 Å². The molecule has 1 aliphatic rings. The summed E-state index contributed by atoms with van der Waals surface area (Å²) < 4.78 is 33.2. The lowest BCUT2D eigenvalue weighted by atomic mass is 9.93. The molecule has 1 heterocycles. The number of ether oxygens (including phenoxy) is 1. The molecular weight excluding hydrogens is 394 g/mol. The van der Waals surface area contributed by atoms with Gasteiger partial charge in [0, 0.05) is 31.3 Å². The zero-order valence-corrected chi connectivity index (χ0v) is 17.6. The summed E-state index contributed by atoms with van der Waals surface area (Å²) in [6, 6.07) is 21.8. The van der Waals surface area contributed by atoms with Gasteiger partial charge in [-0.05, 0) is 48.7 Å². The van der Waals surface area contributed by atoms with Crippen molar-refractivity contribution in [1.82, 2.24) is 10.2 Å². The molecule has 0 saturated carbocycles. The largest absolute Gasteiger partial charge is 0.491 e. The molecule has 0 saturated heterocycles. The summed E-state index contributed by atoms with van der Waals surface area (Å²) in [7, 11) is 0. The van der Waals surface area contributed by atoms with Crippen molar-refractivity contribution in [1.29, 1.82) is 0 Å².